The molecular weight excluding hydrogens is 294 g/mol. The highest BCUT2D eigenvalue weighted by Gasteiger charge is 2.37. The molecule has 3 nitrogen and oxygen atoms in total. The van der Waals surface area contributed by atoms with Crippen LogP contribution in [0.4, 0.5) is 0 Å². The summed E-state index contributed by atoms with van der Waals surface area (Å²) in [5, 5.41) is 1.09. The Morgan fingerprint density at radius 3 is 2.61 bits per heavy atom. The number of ether oxygens (including phenoxy) is 2. The standard InChI is InChI=1S/C14H26BrNO2/c1-13(17-2)4-3-7-16(11-13)12-14(10-15)5-8-18-9-6-14/h3-12H2,1-2H3. The predicted molar refractivity (Wildman–Crippen MR) is 77.4 cm³/mol. The lowest BCUT2D eigenvalue weighted by atomic mass is 9.81. The van der Waals surface area contributed by atoms with Crippen molar-refractivity contribution in [3.05, 3.63) is 0 Å². The molecule has 106 valence electrons. The summed E-state index contributed by atoms with van der Waals surface area (Å²) in [5.41, 5.74) is 0.459. The molecule has 18 heavy (non-hydrogen) atoms. The lowest BCUT2D eigenvalue weighted by Crippen LogP contribution is -2.52. The third kappa shape index (κ3) is 3.47. The van der Waals surface area contributed by atoms with Crippen LogP contribution in [0.25, 0.3) is 0 Å². The highest BCUT2D eigenvalue weighted by Crippen LogP contribution is 2.35. The maximum Gasteiger partial charge on any atom is 0.0777 e. The fourth-order valence-electron chi connectivity index (χ4n) is 3.22. The maximum absolute atomic E-state index is 5.69. The summed E-state index contributed by atoms with van der Waals surface area (Å²) in [6, 6.07) is 0. The summed E-state index contributed by atoms with van der Waals surface area (Å²) < 4.78 is 11.2. The number of rotatable bonds is 4. The molecule has 2 aliphatic heterocycles. The fourth-order valence-corrected chi connectivity index (χ4v) is 3.96. The first-order chi connectivity index (χ1) is 8.61. The van der Waals surface area contributed by atoms with Crippen LogP contribution in [-0.4, -0.2) is 55.8 Å². The second kappa shape index (κ2) is 6.21. The normalized spacial score (nSPS) is 33.5. The molecule has 2 rings (SSSR count). The lowest BCUT2D eigenvalue weighted by Gasteiger charge is -2.45. The molecule has 4 heteroatoms. The van der Waals surface area contributed by atoms with Crippen molar-refractivity contribution in [2.45, 2.75) is 38.2 Å². The minimum Gasteiger partial charge on any atom is -0.381 e. The topological polar surface area (TPSA) is 21.7 Å². The Hall–Kier alpha value is 0.360. The molecule has 0 aliphatic carbocycles. The third-order valence-electron chi connectivity index (χ3n) is 4.63. The Morgan fingerprint density at radius 2 is 2.00 bits per heavy atom. The minimum atomic E-state index is 0.0525. The molecule has 2 aliphatic rings. The zero-order valence-electron chi connectivity index (χ0n) is 11.7. The minimum absolute atomic E-state index is 0.0525. The van der Waals surface area contributed by atoms with Crippen LogP contribution in [-0.2, 0) is 9.47 Å². The number of alkyl halides is 1. The van der Waals surface area contributed by atoms with Crippen LogP contribution in [0.3, 0.4) is 0 Å². The molecular formula is C14H26BrNO2. The van der Waals surface area contributed by atoms with E-state index < -0.39 is 0 Å². The van der Waals surface area contributed by atoms with Crippen LogP contribution in [0.1, 0.15) is 32.6 Å². The molecule has 1 atom stereocenters. The Morgan fingerprint density at radius 1 is 1.28 bits per heavy atom. The van der Waals surface area contributed by atoms with Gasteiger partial charge in [0.25, 0.3) is 0 Å². The second-order valence-electron chi connectivity index (χ2n) is 6.21. The van der Waals surface area contributed by atoms with Crippen molar-refractivity contribution in [1.29, 1.82) is 0 Å². The number of halogens is 1. The Bertz CT molecular complexity index is 269. The molecule has 0 saturated carbocycles. The third-order valence-corrected chi connectivity index (χ3v) is 5.82. The van der Waals surface area contributed by atoms with Crippen molar-refractivity contribution in [3.8, 4) is 0 Å². The maximum atomic E-state index is 5.69. The number of hydrogen-bond acceptors (Lipinski definition) is 3. The van der Waals surface area contributed by atoms with E-state index in [0.29, 0.717) is 5.41 Å². The summed E-state index contributed by atoms with van der Waals surface area (Å²) >= 11 is 3.73. The zero-order valence-corrected chi connectivity index (χ0v) is 13.3. The van der Waals surface area contributed by atoms with Gasteiger partial charge in [-0.25, -0.2) is 0 Å². The number of piperidine rings is 1. The van der Waals surface area contributed by atoms with Crippen LogP contribution in [0.15, 0.2) is 0 Å². The van der Waals surface area contributed by atoms with Crippen LogP contribution in [0.2, 0.25) is 0 Å². The summed E-state index contributed by atoms with van der Waals surface area (Å²) in [6.07, 6.45) is 4.79. The van der Waals surface area contributed by atoms with Gasteiger partial charge in [-0.1, -0.05) is 15.9 Å². The number of nitrogens with zero attached hydrogens (tertiary/aromatic N) is 1. The largest absolute Gasteiger partial charge is 0.381 e. The number of methoxy groups -OCH3 is 1. The van der Waals surface area contributed by atoms with Gasteiger partial charge in [-0.15, -0.1) is 0 Å². The van der Waals surface area contributed by atoms with Gasteiger partial charge in [0.2, 0.25) is 0 Å². The molecule has 2 saturated heterocycles. The average molecular weight is 320 g/mol. The van der Waals surface area contributed by atoms with Crippen LogP contribution in [0, 0.1) is 5.41 Å². The van der Waals surface area contributed by atoms with Crippen molar-refractivity contribution < 1.29 is 9.47 Å². The van der Waals surface area contributed by atoms with E-state index in [9.17, 15) is 0 Å². The molecule has 0 spiro atoms. The van der Waals surface area contributed by atoms with E-state index in [4.69, 9.17) is 9.47 Å². The van der Waals surface area contributed by atoms with Crippen molar-refractivity contribution in [2.24, 2.45) is 5.41 Å². The van der Waals surface area contributed by atoms with E-state index in [-0.39, 0.29) is 5.60 Å². The zero-order chi connectivity index (χ0) is 13.1. The Kier molecular flexibility index (Phi) is 5.09. The van der Waals surface area contributed by atoms with E-state index >= 15 is 0 Å². The van der Waals surface area contributed by atoms with Gasteiger partial charge >= 0.3 is 0 Å². The molecule has 1 unspecified atom stereocenters. The molecule has 0 bridgehead atoms. The monoisotopic (exact) mass is 319 g/mol. The predicted octanol–water partition coefficient (Wildman–Crippen LogP) is 2.68. The highest BCUT2D eigenvalue weighted by molar-refractivity contribution is 9.09. The number of likely N-dealkylation sites (tertiary alicyclic amines) is 1. The van der Waals surface area contributed by atoms with Crippen LogP contribution < -0.4 is 0 Å². The molecule has 0 aromatic heterocycles. The van der Waals surface area contributed by atoms with E-state index in [1.165, 1.54) is 38.8 Å². The van der Waals surface area contributed by atoms with Crippen molar-refractivity contribution >= 4 is 15.9 Å². The summed E-state index contributed by atoms with van der Waals surface area (Å²) in [7, 11) is 1.85. The van der Waals surface area contributed by atoms with Crippen molar-refractivity contribution in [2.75, 3.05) is 45.3 Å². The molecule has 0 aromatic rings. The Balaban J connectivity index is 1.94. The average Bonchev–Trinajstić information content (AvgIpc) is 2.40. The van der Waals surface area contributed by atoms with E-state index in [0.717, 1.165) is 25.1 Å². The van der Waals surface area contributed by atoms with Gasteiger partial charge < -0.3 is 9.47 Å². The first-order valence-corrected chi connectivity index (χ1v) is 8.15. The van der Waals surface area contributed by atoms with Gasteiger partial charge in [-0.2, -0.15) is 0 Å². The molecule has 2 heterocycles. The molecule has 0 N–H and O–H groups in total. The van der Waals surface area contributed by atoms with Gasteiger partial charge in [0.1, 0.15) is 0 Å². The van der Waals surface area contributed by atoms with Crippen molar-refractivity contribution in [3.63, 3.8) is 0 Å². The molecule has 0 aromatic carbocycles. The van der Waals surface area contributed by atoms with Gasteiger partial charge in [0.05, 0.1) is 5.60 Å². The highest BCUT2D eigenvalue weighted by atomic mass is 79.9. The smallest absolute Gasteiger partial charge is 0.0777 e. The first-order valence-electron chi connectivity index (χ1n) is 7.03. The van der Waals surface area contributed by atoms with Gasteiger partial charge in [0.15, 0.2) is 0 Å². The van der Waals surface area contributed by atoms with Gasteiger partial charge in [-0.05, 0) is 44.6 Å². The lowest BCUT2D eigenvalue weighted by molar-refractivity contribution is -0.0671. The van der Waals surface area contributed by atoms with Crippen LogP contribution in [0.5, 0.6) is 0 Å². The van der Waals surface area contributed by atoms with E-state index in [1.807, 2.05) is 7.11 Å². The van der Waals surface area contributed by atoms with E-state index in [1.54, 1.807) is 0 Å². The SMILES string of the molecule is COC1(C)CCCN(CC2(CBr)CCOCC2)C1. The molecule has 2 fully saturated rings. The van der Waals surface area contributed by atoms with Crippen LogP contribution >= 0.6 is 15.9 Å². The molecule has 0 radical (unpaired) electrons. The summed E-state index contributed by atoms with van der Waals surface area (Å²) in [4.78, 5) is 2.60. The second-order valence-corrected chi connectivity index (χ2v) is 6.77. The fraction of sp³-hybridized carbons (Fsp3) is 1.00. The van der Waals surface area contributed by atoms with Gasteiger partial charge in [-0.3, -0.25) is 4.90 Å². The number of hydrogen-bond donors (Lipinski definition) is 0. The quantitative estimate of drug-likeness (QED) is 0.744. The first kappa shape index (κ1) is 14.8. The van der Waals surface area contributed by atoms with Crippen molar-refractivity contribution in [1.82, 2.24) is 4.90 Å². The van der Waals surface area contributed by atoms with Gasteiger partial charge in [0, 0.05) is 38.7 Å². The van der Waals surface area contributed by atoms with E-state index in [2.05, 4.69) is 27.8 Å². The Labute approximate surface area is 119 Å². The summed E-state index contributed by atoms with van der Waals surface area (Å²) in [5.74, 6) is 0. The summed E-state index contributed by atoms with van der Waals surface area (Å²) in [6.45, 7) is 7.54. The molecule has 0 amide bonds.